The number of carboxylic acid groups (broad SMARTS) is 1. The van der Waals surface area contributed by atoms with Gasteiger partial charge in [-0.15, -0.1) is 0 Å². The third-order valence-corrected chi connectivity index (χ3v) is 5.33. The van der Waals surface area contributed by atoms with Gasteiger partial charge in [0.15, 0.2) is 5.67 Å². The van der Waals surface area contributed by atoms with E-state index in [-0.39, 0.29) is 0 Å². The highest BCUT2D eigenvalue weighted by Crippen LogP contribution is 2.35. The summed E-state index contributed by atoms with van der Waals surface area (Å²) in [5.41, 5.74) is -1.45. The minimum absolute atomic E-state index is 0.367. The van der Waals surface area contributed by atoms with Gasteiger partial charge in [0, 0.05) is 5.92 Å². The first kappa shape index (κ1) is 22.2. The van der Waals surface area contributed by atoms with E-state index in [1.54, 1.807) is 6.08 Å². The number of alkyl halides is 1. The molecular formula is C24H32FO3-. The van der Waals surface area contributed by atoms with E-state index < -0.39 is 17.6 Å². The quantitative estimate of drug-likeness (QED) is 0.434. The van der Waals surface area contributed by atoms with Gasteiger partial charge in [-0.3, -0.25) is 0 Å². The number of unbranched alkanes of at least 4 members (excludes halogenated alkanes) is 7. The van der Waals surface area contributed by atoms with Crippen LogP contribution >= 0.6 is 0 Å². The van der Waals surface area contributed by atoms with Crippen LogP contribution in [0.15, 0.2) is 54.3 Å². The number of carbonyl (C=O) groups excluding carboxylic acids is 1. The molecule has 0 amide bonds. The Bertz CT molecular complexity index is 653. The van der Waals surface area contributed by atoms with Crippen molar-refractivity contribution < 1.29 is 19.0 Å². The van der Waals surface area contributed by atoms with E-state index in [1.165, 1.54) is 38.2 Å². The number of ether oxygens (including phenoxy) is 1. The lowest BCUT2D eigenvalue weighted by atomic mass is 9.81. The number of carboxylic acids is 1. The van der Waals surface area contributed by atoms with Gasteiger partial charge in [-0.05, 0) is 30.2 Å². The maximum absolute atomic E-state index is 15.0. The standard InChI is InChI=1S/C24H33FO3/c1-2-3-4-5-6-7-8-12-15-21-18-22(16-17-24(21,25)23(26)27)28-19-20-13-10-9-11-14-20/h9-11,13-14,16-18,21H,2-8,12,15,19H2,1H3,(H,26,27)/p-1. The molecule has 154 valence electrons. The molecule has 1 aliphatic carbocycles. The molecule has 0 fully saturated rings. The minimum atomic E-state index is -2.46. The SMILES string of the molecule is CCCCCCCCCCC1C=C(OCc2ccccc2)C=CC1(F)C(=O)[O-]. The molecule has 1 aromatic carbocycles. The second-order valence-corrected chi connectivity index (χ2v) is 7.60. The highest BCUT2D eigenvalue weighted by atomic mass is 19.1. The Morgan fingerprint density at radius 1 is 1.07 bits per heavy atom. The van der Waals surface area contributed by atoms with Gasteiger partial charge in [-0.25, -0.2) is 4.39 Å². The molecule has 2 atom stereocenters. The highest BCUT2D eigenvalue weighted by Gasteiger charge is 2.39. The van der Waals surface area contributed by atoms with E-state index >= 15 is 0 Å². The minimum Gasteiger partial charge on any atom is -0.546 e. The van der Waals surface area contributed by atoms with Crippen LogP contribution in [0, 0.1) is 5.92 Å². The summed E-state index contributed by atoms with van der Waals surface area (Å²) in [5.74, 6) is -1.91. The maximum atomic E-state index is 15.0. The van der Waals surface area contributed by atoms with Crippen LogP contribution in [0.2, 0.25) is 0 Å². The van der Waals surface area contributed by atoms with Gasteiger partial charge in [0.2, 0.25) is 0 Å². The predicted octanol–water partition coefficient (Wildman–Crippen LogP) is 5.26. The molecule has 2 unspecified atom stereocenters. The summed E-state index contributed by atoms with van der Waals surface area (Å²) in [6, 6.07) is 9.69. The number of benzene rings is 1. The molecule has 0 aromatic heterocycles. The molecule has 0 spiro atoms. The molecule has 28 heavy (non-hydrogen) atoms. The molecule has 0 saturated carbocycles. The fraction of sp³-hybridized carbons (Fsp3) is 0.542. The molecule has 0 radical (unpaired) electrons. The van der Waals surface area contributed by atoms with E-state index in [0.29, 0.717) is 18.8 Å². The number of allylic oxidation sites excluding steroid dienone is 2. The highest BCUT2D eigenvalue weighted by molar-refractivity contribution is 5.79. The summed E-state index contributed by atoms with van der Waals surface area (Å²) in [6.07, 6.45) is 13.7. The Kier molecular flexibility index (Phi) is 9.26. The first-order chi connectivity index (χ1) is 13.6. The van der Waals surface area contributed by atoms with E-state index in [1.807, 2.05) is 30.3 Å². The van der Waals surface area contributed by atoms with E-state index in [4.69, 9.17) is 4.74 Å². The van der Waals surface area contributed by atoms with Crippen LogP contribution < -0.4 is 5.11 Å². The van der Waals surface area contributed by atoms with Crippen LogP contribution in [0.25, 0.3) is 0 Å². The van der Waals surface area contributed by atoms with E-state index in [2.05, 4.69) is 6.92 Å². The summed E-state index contributed by atoms with van der Waals surface area (Å²) < 4.78 is 20.7. The summed E-state index contributed by atoms with van der Waals surface area (Å²) in [6.45, 7) is 2.57. The summed E-state index contributed by atoms with van der Waals surface area (Å²) in [7, 11) is 0. The smallest absolute Gasteiger partial charge is 0.175 e. The Labute approximate surface area is 168 Å². The monoisotopic (exact) mass is 387 g/mol. The van der Waals surface area contributed by atoms with Crippen molar-refractivity contribution in [3.8, 4) is 0 Å². The predicted molar refractivity (Wildman–Crippen MR) is 108 cm³/mol. The Balaban J connectivity index is 1.84. The van der Waals surface area contributed by atoms with Crippen molar-refractivity contribution in [3.05, 3.63) is 59.9 Å². The number of aliphatic carboxylic acids is 1. The molecule has 1 aliphatic rings. The number of hydrogen-bond acceptors (Lipinski definition) is 3. The maximum Gasteiger partial charge on any atom is 0.175 e. The largest absolute Gasteiger partial charge is 0.546 e. The zero-order chi connectivity index (χ0) is 20.2. The van der Waals surface area contributed by atoms with Crippen molar-refractivity contribution in [2.24, 2.45) is 5.92 Å². The van der Waals surface area contributed by atoms with Gasteiger partial charge < -0.3 is 14.6 Å². The van der Waals surface area contributed by atoms with Crippen LogP contribution in [0.3, 0.4) is 0 Å². The van der Waals surface area contributed by atoms with E-state index in [9.17, 15) is 14.3 Å². The van der Waals surface area contributed by atoms with Crippen LogP contribution in [-0.4, -0.2) is 11.6 Å². The molecule has 0 heterocycles. The molecular weight excluding hydrogens is 355 g/mol. The van der Waals surface area contributed by atoms with Crippen molar-refractivity contribution in [2.75, 3.05) is 0 Å². The lowest BCUT2D eigenvalue weighted by molar-refractivity contribution is -0.318. The van der Waals surface area contributed by atoms with Crippen molar-refractivity contribution in [3.63, 3.8) is 0 Å². The Hall–Kier alpha value is -2.10. The lowest BCUT2D eigenvalue weighted by Gasteiger charge is -2.33. The van der Waals surface area contributed by atoms with Gasteiger partial charge in [0.1, 0.15) is 12.4 Å². The van der Waals surface area contributed by atoms with Gasteiger partial charge in [0.05, 0.1) is 5.97 Å². The first-order valence-corrected chi connectivity index (χ1v) is 10.5. The molecule has 0 saturated heterocycles. The first-order valence-electron chi connectivity index (χ1n) is 10.5. The molecule has 3 nitrogen and oxygen atoms in total. The van der Waals surface area contributed by atoms with Crippen molar-refractivity contribution in [1.82, 2.24) is 0 Å². The second-order valence-electron chi connectivity index (χ2n) is 7.60. The fourth-order valence-electron chi connectivity index (χ4n) is 3.55. The molecule has 2 rings (SSSR count). The normalized spacial score (nSPS) is 21.4. The Morgan fingerprint density at radius 3 is 2.36 bits per heavy atom. The van der Waals surface area contributed by atoms with Crippen LogP contribution in [0.1, 0.15) is 70.3 Å². The molecule has 0 bridgehead atoms. The lowest BCUT2D eigenvalue weighted by Crippen LogP contribution is -2.49. The van der Waals surface area contributed by atoms with Crippen molar-refractivity contribution in [2.45, 2.75) is 77.0 Å². The number of halogens is 1. The molecule has 0 aliphatic heterocycles. The zero-order valence-corrected chi connectivity index (χ0v) is 16.9. The van der Waals surface area contributed by atoms with Crippen LogP contribution in [0.5, 0.6) is 0 Å². The number of hydrogen-bond donors (Lipinski definition) is 0. The van der Waals surface area contributed by atoms with Crippen LogP contribution in [-0.2, 0) is 16.1 Å². The average Bonchev–Trinajstić information content (AvgIpc) is 2.71. The van der Waals surface area contributed by atoms with Crippen molar-refractivity contribution >= 4 is 5.97 Å². The van der Waals surface area contributed by atoms with Gasteiger partial charge >= 0.3 is 0 Å². The molecule has 4 heteroatoms. The van der Waals surface area contributed by atoms with Gasteiger partial charge in [0.25, 0.3) is 0 Å². The summed E-state index contributed by atoms with van der Waals surface area (Å²) in [4.78, 5) is 11.4. The number of carbonyl (C=O) groups is 1. The third kappa shape index (κ3) is 6.81. The van der Waals surface area contributed by atoms with Crippen molar-refractivity contribution in [1.29, 1.82) is 0 Å². The third-order valence-electron chi connectivity index (χ3n) is 5.33. The average molecular weight is 388 g/mol. The van der Waals surface area contributed by atoms with E-state index in [0.717, 1.165) is 30.9 Å². The zero-order valence-electron chi connectivity index (χ0n) is 16.9. The van der Waals surface area contributed by atoms with Gasteiger partial charge in [-0.2, -0.15) is 0 Å². The topological polar surface area (TPSA) is 49.4 Å². The molecule has 0 N–H and O–H groups in total. The Morgan fingerprint density at radius 2 is 1.71 bits per heavy atom. The number of rotatable bonds is 13. The molecule has 1 aromatic rings. The summed E-state index contributed by atoms with van der Waals surface area (Å²) in [5, 5.41) is 11.4. The second kappa shape index (κ2) is 11.7. The van der Waals surface area contributed by atoms with Crippen LogP contribution in [0.4, 0.5) is 4.39 Å². The fourth-order valence-corrected chi connectivity index (χ4v) is 3.55. The van der Waals surface area contributed by atoms with Gasteiger partial charge in [-0.1, -0.05) is 88.6 Å². The summed E-state index contributed by atoms with van der Waals surface area (Å²) >= 11 is 0.